The van der Waals surface area contributed by atoms with E-state index >= 15 is 0 Å². The van der Waals surface area contributed by atoms with Crippen LogP contribution < -0.4 is 16.0 Å². The van der Waals surface area contributed by atoms with Crippen molar-refractivity contribution >= 4 is 34.1 Å². The number of aromatic nitrogens is 3. The Morgan fingerprint density at radius 2 is 1.92 bits per heavy atom. The molecule has 1 aliphatic carbocycles. The van der Waals surface area contributed by atoms with Gasteiger partial charge in [0.05, 0.1) is 22.8 Å². The number of benzene rings is 1. The maximum Gasteiger partial charge on any atom is 0.273 e. The van der Waals surface area contributed by atoms with Crippen molar-refractivity contribution in [1.82, 2.24) is 20.1 Å². The van der Waals surface area contributed by atoms with Gasteiger partial charge in [-0.2, -0.15) is 5.10 Å². The van der Waals surface area contributed by atoms with E-state index in [0.717, 1.165) is 25.9 Å². The predicted octanol–water partition coefficient (Wildman–Crippen LogP) is 4.43. The van der Waals surface area contributed by atoms with Gasteiger partial charge >= 0.3 is 0 Å². The molecule has 10 heteroatoms. The molecule has 0 bridgehead atoms. The molecule has 1 aromatic carbocycles. The number of carbonyl (C=O) groups is 1. The minimum absolute atomic E-state index is 0.00165. The number of fused-ring (bicyclic) bond motifs is 2. The largest absolute Gasteiger partial charge is 0.399 e. The first-order chi connectivity index (χ1) is 17.1. The normalized spacial score (nSPS) is 17.3. The second kappa shape index (κ2) is 8.83. The summed E-state index contributed by atoms with van der Waals surface area (Å²) >= 11 is 0. The quantitative estimate of drug-likeness (QED) is 0.505. The van der Waals surface area contributed by atoms with Gasteiger partial charge in [0.25, 0.3) is 11.8 Å². The van der Waals surface area contributed by atoms with Crippen LogP contribution in [0.3, 0.4) is 0 Å². The summed E-state index contributed by atoms with van der Waals surface area (Å²) in [5.41, 5.74) is 9.45. The van der Waals surface area contributed by atoms with Crippen molar-refractivity contribution in [1.29, 1.82) is 0 Å². The zero-order valence-corrected chi connectivity index (χ0v) is 21.0. The van der Waals surface area contributed by atoms with E-state index in [4.69, 9.17) is 10.7 Å². The topological polar surface area (TPSA) is 100 Å². The van der Waals surface area contributed by atoms with E-state index < -0.39 is 5.92 Å². The van der Waals surface area contributed by atoms with E-state index in [2.05, 4.69) is 20.4 Å². The summed E-state index contributed by atoms with van der Waals surface area (Å²) in [5.74, 6) is -1.93. The number of alkyl halides is 2. The third kappa shape index (κ3) is 4.08. The first-order valence-electron chi connectivity index (χ1n) is 12.3. The van der Waals surface area contributed by atoms with E-state index in [9.17, 15) is 13.6 Å². The van der Waals surface area contributed by atoms with Crippen LogP contribution in [0.4, 0.5) is 26.1 Å². The summed E-state index contributed by atoms with van der Waals surface area (Å²) in [6.45, 7) is 5.41. The molecule has 0 spiro atoms. The second-order valence-corrected chi connectivity index (χ2v) is 9.99. The Morgan fingerprint density at radius 3 is 2.61 bits per heavy atom. The Balaban J connectivity index is 1.60. The van der Waals surface area contributed by atoms with Crippen molar-refractivity contribution in [2.45, 2.75) is 51.5 Å². The van der Waals surface area contributed by atoms with E-state index in [1.165, 1.54) is 11.0 Å². The van der Waals surface area contributed by atoms with Gasteiger partial charge in [0.1, 0.15) is 5.82 Å². The summed E-state index contributed by atoms with van der Waals surface area (Å²) in [4.78, 5) is 21.7. The smallest absolute Gasteiger partial charge is 0.273 e. The minimum atomic E-state index is -2.88. The van der Waals surface area contributed by atoms with Crippen LogP contribution in [0, 0.1) is 6.92 Å². The standard InChI is InChI=1S/C26H31F2N7O/c1-14(18-11-16(29)12-21-17(18)7-8-26(21,27)28)30-23-19-13-20(25(36)34(3)4)24(35-9-5-6-10-35)31-22(19)15(2)32-33-23/h11-14H,5-10,29H2,1-4H3,(H,30,33)/t14-/m1/s1. The van der Waals surface area contributed by atoms with Gasteiger partial charge in [-0.3, -0.25) is 4.79 Å². The van der Waals surface area contributed by atoms with Gasteiger partial charge in [-0.1, -0.05) is 0 Å². The fourth-order valence-electron chi connectivity index (χ4n) is 5.27. The van der Waals surface area contributed by atoms with E-state index in [1.807, 2.05) is 19.9 Å². The molecule has 0 saturated carbocycles. The lowest BCUT2D eigenvalue weighted by Crippen LogP contribution is -2.27. The molecule has 1 atom stereocenters. The number of hydrogen-bond acceptors (Lipinski definition) is 7. The van der Waals surface area contributed by atoms with Crippen molar-refractivity contribution in [2.75, 3.05) is 43.1 Å². The number of halogens is 2. The van der Waals surface area contributed by atoms with Crippen molar-refractivity contribution < 1.29 is 13.6 Å². The van der Waals surface area contributed by atoms with Crippen LogP contribution in [0.25, 0.3) is 10.9 Å². The lowest BCUT2D eigenvalue weighted by Gasteiger charge is -2.24. The maximum absolute atomic E-state index is 14.4. The molecule has 190 valence electrons. The highest BCUT2D eigenvalue weighted by atomic mass is 19.3. The molecule has 2 aliphatic rings. The number of hydrogen-bond donors (Lipinski definition) is 2. The number of nitrogen functional groups attached to an aromatic ring is 1. The molecule has 3 heterocycles. The number of anilines is 3. The average molecular weight is 496 g/mol. The molecule has 36 heavy (non-hydrogen) atoms. The summed E-state index contributed by atoms with van der Waals surface area (Å²) < 4.78 is 28.9. The predicted molar refractivity (Wildman–Crippen MR) is 137 cm³/mol. The number of pyridine rings is 1. The molecule has 3 N–H and O–H groups in total. The average Bonchev–Trinajstić information content (AvgIpc) is 3.47. The molecule has 0 radical (unpaired) electrons. The van der Waals surface area contributed by atoms with Crippen molar-refractivity contribution in [3.05, 3.63) is 46.1 Å². The van der Waals surface area contributed by atoms with Gasteiger partial charge in [0.2, 0.25) is 0 Å². The third-order valence-corrected chi connectivity index (χ3v) is 7.15. The Hall–Kier alpha value is -3.56. The SMILES string of the molecule is Cc1nnc(N[C@H](C)c2cc(N)cc3c2CCC3(F)F)c2cc(C(=O)N(C)C)c(N3CCCC3)nc12. The fraction of sp³-hybridized carbons (Fsp3) is 0.462. The molecular formula is C26H31F2N7O. The van der Waals surface area contributed by atoms with Crippen LogP contribution in [-0.4, -0.2) is 53.2 Å². The van der Waals surface area contributed by atoms with E-state index in [-0.39, 0.29) is 30.4 Å². The molecule has 1 amide bonds. The third-order valence-electron chi connectivity index (χ3n) is 7.15. The van der Waals surface area contributed by atoms with Crippen LogP contribution in [0.5, 0.6) is 0 Å². The Morgan fingerprint density at radius 1 is 1.19 bits per heavy atom. The van der Waals surface area contributed by atoms with Crippen LogP contribution in [0.1, 0.15) is 65.0 Å². The lowest BCUT2D eigenvalue weighted by molar-refractivity contribution is -0.00181. The van der Waals surface area contributed by atoms with Crippen molar-refractivity contribution in [3.63, 3.8) is 0 Å². The highest BCUT2D eigenvalue weighted by molar-refractivity contribution is 6.04. The maximum atomic E-state index is 14.4. The number of amides is 1. The molecule has 1 saturated heterocycles. The number of nitrogens with zero attached hydrogens (tertiary/aromatic N) is 5. The first-order valence-corrected chi connectivity index (χ1v) is 12.3. The fourth-order valence-corrected chi connectivity index (χ4v) is 5.27. The Kier molecular flexibility index (Phi) is 5.92. The summed E-state index contributed by atoms with van der Waals surface area (Å²) in [6, 6.07) is 4.57. The molecular weight excluding hydrogens is 464 g/mol. The summed E-state index contributed by atoms with van der Waals surface area (Å²) in [6.07, 6.45) is 2.16. The monoisotopic (exact) mass is 495 g/mol. The molecule has 5 rings (SSSR count). The second-order valence-electron chi connectivity index (χ2n) is 9.99. The van der Waals surface area contributed by atoms with Gasteiger partial charge in [-0.25, -0.2) is 13.8 Å². The zero-order chi connectivity index (χ0) is 25.8. The molecule has 2 aromatic heterocycles. The Bertz CT molecular complexity index is 1350. The van der Waals surface area contributed by atoms with E-state index in [1.54, 1.807) is 20.2 Å². The van der Waals surface area contributed by atoms with Crippen LogP contribution in [0.2, 0.25) is 0 Å². The lowest BCUT2D eigenvalue weighted by atomic mass is 9.96. The van der Waals surface area contributed by atoms with Crippen molar-refractivity contribution in [2.24, 2.45) is 0 Å². The van der Waals surface area contributed by atoms with Gasteiger partial charge in [-0.05, 0) is 62.4 Å². The van der Waals surface area contributed by atoms with Gasteiger partial charge in [-0.15, -0.1) is 5.10 Å². The summed E-state index contributed by atoms with van der Waals surface area (Å²) in [7, 11) is 3.43. The molecule has 1 aliphatic heterocycles. The van der Waals surface area contributed by atoms with Gasteiger partial charge in [0.15, 0.2) is 5.82 Å². The number of aryl methyl sites for hydroxylation is 1. The molecule has 1 fully saturated rings. The molecule has 0 unspecified atom stereocenters. The van der Waals surface area contributed by atoms with Crippen molar-refractivity contribution in [3.8, 4) is 0 Å². The van der Waals surface area contributed by atoms with Crippen LogP contribution in [-0.2, 0) is 12.3 Å². The highest BCUT2D eigenvalue weighted by Gasteiger charge is 2.41. The van der Waals surface area contributed by atoms with Crippen LogP contribution in [0.15, 0.2) is 18.2 Å². The number of nitrogens with two attached hydrogens (primary N) is 1. The molecule has 3 aromatic rings. The molecule has 8 nitrogen and oxygen atoms in total. The summed E-state index contributed by atoms with van der Waals surface area (Å²) in [5, 5.41) is 12.7. The number of rotatable bonds is 5. The van der Waals surface area contributed by atoms with Gasteiger partial charge < -0.3 is 20.9 Å². The number of carbonyl (C=O) groups excluding carboxylic acids is 1. The number of nitrogens with one attached hydrogen (secondary N) is 1. The highest BCUT2D eigenvalue weighted by Crippen LogP contribution is 2.45. The first kappa shape index (κ1) is 24.1. The zero-order valence-electron chi connectivity index (χ0n) is 21.0. The van der Waals surface area contributed by atoms with Gasteiger partial charge in [0, 0.05) is 50.2 Å². The van der Waals surface area contributed by atoms with Crippen LogP contribution >= 0.6 is 0 Å². The minimum Gasteiger partial charge on any atom is -0.399 e. The van der Waals surface area contributed by atoms with E-state index in [0.29, 0.717) is 50.6 Å². The Labute approximate surface area is 208 Å².